The molecule has 0 radical (unpaired) electrons. The summed E-state index contributed by atoms with van der Waals surface area (Å²) in [5.41, 5.74) is 18.1. The van der Waals surface area contributed by atoms with E-state index in [2.05, 4.69) is 197 Å². The van der Waals surface area contributed by atoms with Gasteiger partial charge >= 0.3 is 270 Å². The van der Waals surface area contributed by atoms with Gasteiger partial charge in [0.15, 0.2) is 0 Å². The molecule has 2 heterocycles. The molecule has 0 bridgehead atoms. The van der Waals surface area contributed by atoms with Crippen LogP contribution in [0, 0.1) is 53.4 Å². The Bertz CT molecular complexity index is 4360. The summed E-state index contributed by atoms with van der Waals surface area (Å²) in [6.07, 6.45) is 27.7. The first kappa shape index (κ1) is 98.2. The predicted molar refractivity (Wildman–Crippen MR) is 513 cm³/mol. The average Bonchev–Trinajstić information content (AvgIpc) is 1.11. The molecule has 3 saturated carbocycles. The van der Waals surface area contributed by atoms with Crippen LogP contribution in [0.15, 0.2) is 231 Å². The van der Waals surface area contributed by atoms with Gasteiger partial charge in [-0.3, -0.25) is 4.57 Å². The van der Waals surface area contributed by atoms with Crippen LogP contribution < -0.4 is 45.6 Å². The average molecular weight is 2050 g/mol. The number of hydrogen-bond acceptors (Lipinski definition) is 9. The molecule has 5 fully saturated rings. The molecule has 2 atom stereocenters. The Morgan fingerprint density at radius 1 is 0.462 bits per heavy atom. The summed E-state index contributed by atoms with van der Waals surface area (Å²) >= 11 is 2.25. The first-order valence-corrected chi connectivity index (χ1v) is 60.3. The fourth-order valence-electron chi connectivity index (χ4n) is 16.1. The summed E-state index contributed by atoms with van der Waals surface area (Å²) in [6.45, 7) is 33.7. The van der Waals surface area contributed by atoms with E-state index in [9.17, 15) is 9.13 Å². The van der Waals surface area contributed by atoms with E-state index in [0.29, 0.717) is 40.3 Å². The van der Waals surface area contributed by atoms with E-state index in [0.717, 1.165) is 54.2 Å². The Kier molecular flexibility index (Phi) is 44.0. The second-order valence-corrected chi connectivity index (χ2v) is 50.3. The third-order valence-corrected chi connectivity index (χ3v) is 34.9. The van der Waals surface area contributed by atoms with Crippen LogP contribution in [0.3, 0.4) is 0 Å². The monoisotopic (exact) mass is 2050 g/mol. The van der Waals surface area contributed by atoms with Crippen molar-refractivity contribution in [2.75, 3.05) is 59.0 Å². The fraction of sp³-hybridized carbons (Fsp3) is 0.371. The summed E-state index contributed by atoms with van der Waals surface area (Å²) < 4.78 is 48.3. The third kappa shape index (κ3) is 30.6. The fourth-order valence-corrected chi connectivity index (χ4v) is 29.2. The van der Waals surface area contributed by atoms with Gasteiger partial charge in [0.05, 0.1) is 29.7 Å². The van der Waals surface area contributed by atoms with Gasteiger partial charge in [0.25, 0.3) is 7.37 Å². The van der Waals surface area contributed by atoms with Crippen molar-refractivity contribution in [1.29, 1.82) is 0 Å². The van der Waals surface area contributed by atoms with Crippen molar-refractivity contribution in [3.8, 4) is 5.75 Å². The molecular formula is C97H123Cl4CuIN4O5P3Ru2-2. The summed E-state index contributed by atoms with van der Waals surface area (Å²) in [5.74, 6) is 1.12. The maximum atomic E-state index is 13.7. The minimum atomic E-state index is -3.15. The molecule has 640 valence electrons. The van der Waals surface area contributed by atoms with E-state index in [1.54, 1.807) is 123 Å². The molecule has 0 amide bonds. The van der Waals surface area contributed by atoms with Gasteiger partial charge < -0.3 is 28.9 Å². The molecule has 0 N–H and O–H groups in total. The molecule has 2 aliphatic heterocycles. The molecule has 0 spiro atoms. The molecule has 117 heavy (non-hydrogen) atoms. The van der Waals surface area contributed by atoms with Crippen LogP contribution in [0.25, 0.3) is 6.08 Å². The zero-order valence-corrected chi connectivity index (χ0v) is 82.3. The number of ether oxygens (including phenoxy) is 1. The topological polar surface area (TPSA) is 74.8 Å². The van der Waals surface area contributed by atoms with Crippen molar-refractivity contribution in [3.63, 3.8) is 0 Å². The van der Waals surface area contributed by atoms with Gasteiger partial charge in [0.2, 0.25) is 0 Å². The Hall–Kier alpha value is -4.20. The van der Waals surface area contributed by atoms with Crippen LogP contribution in [-0.4, -0.2) is 71.7 Å². The van der Waals surface area contributed by atoms with E-state index < -0.39 is 41.8 Å². The second kappa shape index (κ2) is 52.4. The molecule has 2 unspecified atom stereocenters. The Balaban J connectivity index is 0.000000177. The zero-order valence-electron chi connectivity index (χ0n) is 69.9. The number of benzene rings is 9. The molecule has 9 aromatic rings. The maximum absolute atomic E-state index is 13.7. The van der Waals surface area contributed by atoms with Crippen molar-refractivity contribution in [2.24, 2.45) is 5.92 Å². The van der Waals surface area contributed by atoms with Gasteiger partial charge in [0, 0.05) is 73.0 Å². The molecule has 3 aliphatic carbocycles. The first-order valence-electron chi connectivity index (χ1n) is 41.3. The van der Waals surface area contributed by atoms with Gasteiger partial charge in [-0.25, -0.2) is 0 Å². The zero-order chi connectivity index (χ0) is 84.1. The van der Waals surface area contributed by atoms with Crippen LogP contribution in [0.2, 0.25) is 0 Å². The van der Waals surface area contributed by atoms with Crippen molar-refractivity contribution >= 4 is 141 Å². The number of anilines is 4. The van der Waals surface area contributed by atoms with Gasteiger partial charge in [0.1, 0.15) is 5.75 Å². The number of aryl methyl sites for hydroxylation is 4. The molecule has 2 saturated heterocycles. The standard InChI is InChI=1S/C19H23O3P.C19H22O2P.C18H33P.2C17H19N2.C7H6.4ClH.Cu.HI.2Ru/c1-5-16-14-18(12-13-19(16)22-15(3)4)23(20,21-6-2)17-10-8-7-9-11-17;1-5-21-22(20,18-9-7-6-8-10-18)19-12-11-17(13-15(2)3)16(4)14-19;1-4-10-16(11-5-1)19(17-12-6-2-7-13-17)18-14-8-3-9-15-18;2*1-14-7-3-5-9-16(14)18-11-12-19(13-18)17-10-6-4-8-15(17)2;1-7-5-3-2-4-6-7;;;;;;;;/h5,7-15H,1,6H2,2-4H3;4,6-15H,5H2,1-3H3;16-18H,1-15H2;2*3-10,13H,11-12H2,1-2H3;1-6H;4*1H;;1H;;/q;-1;;2*-1;;;;;;+1;;2*+2/p-4. The Labute approximate surface area is 750 Å². The van der Waals surface area contributed by atoms with Crippen LogP contribution in [0.4, 0.5) is 22.7 Å². The normalized spacial score (nSPS) is 16.2. The second-order valence-electron chi connectivity index (χ2n) is 30.6. The first-order chi connectivity index (χ1) is 56.6. The SMILES string of the molecule is C1CCC([PH+](C2CCCCC2)C2CCCCC2)CC1.C=Cc1cc(P(=O)(OCC)c2ccccc2)ccc1OC(C)C.CCOP(=O)(c1ccccc1)c1ccc([CH-]C(C)C)c([CH]=[Ru]([Cl])[Cl])c1.Cc1ccccc1N1[CH-]N(c2ccccc2C)CC1.Cc1ccccc1N1[CH-]N(c2ccccc2C)CC1.[Cl][Ru]([Cl])=[CH]c1ccccc1.[Cu][I]. The molecule has 9 aromatic carbocycles. The number of hydrogen-bond donors (Lipinski definition) is 0. The Morgan fingerprint density at radius 3 is 1.10 bits per heavy atom. The van der Waals surface area contributed by atoms with Crippen molar-refractivity contribution in [3.05, 3.63) is 295 Å². The summed E-state index contributed by atoms with van der Waals surface area (Å²) in [5, 5.41) is 2.69. The van der Waals surface area contributed by atoms with Crippen molar-refractivity contribution < 1.29 is 62.7 Å². The van der Waals surface area contributed by atoms with Crippen LogP contribution >= 0.6 is 81.8 Å². The van der Waals surface area contributed by atoms with Crippen molar-refractivity contribution in [2.45, 2.75) is 189 Å². The number of rotatable bonds is 22. The number of para-hydroxylation sites is 4. The summed E-state index contributed by atoms with van der Waals surface area (Å²) in [7, 11) is 17.2. The van der Waals surface area contributed by atoms with Crippen LogP contribution in [0.1, 0.15) is 182 Å². The molecule has 14 rings (SSSR count). The van der Waals surface area contributed by atoms with Gasteiger partial charge in [-0.1, -0.05) is 123 Å². The predicted octanol–water partition coefficient (Wildman–Crippen LogP) is 27.0. The number of halogens is 5. The van der Waals surface area contributed by atoms with E-state index in [1.165, 1.54) is 62.0 Å². The van der Waals surface area contributed by atoms with Crippen LogP contribution in [0.5, 0.6) is 5.75 Å². The van der Waals surface area contributed by atoms with Crippen molar-refractivity contribution in [1.82, 2.24) is 0 Å². The van der Waals surface area contributed by atoms with Gasteiger partial charge in [-0.15, -0.1) is 0 Å². The molecule has 9 nitrogen and oxygen atoms in total. The molecule has 20 heteroatoms. The van der Waals surface area contributed by atoms with E-state index >= 15 is 0 Å². The molecule has 0 aromatic heterocycles. The Morgan fingerprint density at radius 2 is 0.786 bits per heavy atom. The molecule has 5 aliphatic rings. The number of nitrogens with zero attached hydrogens (tertiary/aromatic N) is 4. The van der Waals surface area contributed by atoms with E-state index in [-0.39, 0.29) is 14.0 Å². The quantitative estimate of drug-likeness (QED) is 0.0285. The molecular weight excluding hydrogens is 1930 g/mol. The van der Waals surface area contributed by atoms with Crippen LogP contribution in [-0.2, 0) is 58.0 Å². The third-order valence-electron chi connectivity index (χ3n) is 21.5. The minimum absolute atomic E-state index is 0.0465. The van der Waals surface area contributed by atoms with E-state index in [1.807, 2.05) is 164 Å². The van der Waals surface area contributed by atoms with Gasteiger partial charge in [-0.2, -0.15) is 13.3 Å². The van der Waals surface area contributed by atoms with E-state index in [4.69, 9.17) is 52.5 Å². The van der Waals surface area contributed by atoms with Gasteiger partial charge in [-0.05, 0) is 202 Å². The summed E-state index contributed by atoms with van der Waals surface area (Å²) in [4.78, 5) is 9.34. The summed E-state index contributed by atoms with van der Waals surface area (Å²) in [6, 6.07) is 74.0.